The Bertz CT molecular complexity index is 1800. The molecular weight excluding hydrogens is 586 g/mol. The van der Waals surface area contributed by atoms with Gasteiger partial charge >= 0.3 is 10.2 Å². The van der Waals surface area contributed by atoms with Crippen LogP contribution >= 0.6 is 0 Å². The Morgan fingerprint density at radius 1 is 1.00 bits per heavy atom. The van der Waals surface area contributed by atoms with Crippen molar-refractivity contribution >= 4 is 32.9 Å². The standard InChI is InChI=1S/C35H43N5O4S/c1-37(2)45(43,44)36-34(41)32-28-20-39-29(17-22-11-7-12-25(33(22)39)21-9-5-4-6-10-21)30-26(31(28)32)13-8-14-27(30)35(42)40-23-15-16-24(40)19-38(3)18-23/h7-8,11-13,17,21,23-24,27,30H,4-6,9-10,14-16,18-20H2,1-3H3,(H,36,41)/t23?,24?,27-,30-/m1/s1. The Hall–Kier alpha value is -3.21. The lowest BCUT2D eigenvalue weighted by Crippen LogP contribution is -2.56. The Balaban J connectivity index is 1.27. The van der Waals surface area contributed by atoms with E-state index in [1.54, 1.807) is 0 Å². The van der Waals surface area contributed by atoms with Crippen LogP contribution < -0.4 is 4.72 Å². The van der Waals surface area contributed by atoms with Crippen molar-refractivity contribution < 1.29 is 18.0 Å². The van der Waals surface area contributed by atoms with Crippen molar-refractivity contribution in [1.82, 2.24) is 23.4 Å². The normalized spacial score (nSPS) is 28.3. The monoisotopic (exact) mass is 629 g/mol. The van der Waals surface area contributed by atoms with Gasteiger partial charge in [0.25, 0.3) is 5.91 Å². The molecule has 2 bridgehead atoms. The average Bonchev–Trinajstić information content (AvgIpc) is 3.56. The number of amides is 2. The number of likely N-dealkylation sites (N-methyl/N-ethyl adjacent to an activating group) is 1. The largest absolute Gasteiger partial charge is 0.339 e. The maximum Gasteiger partial charge on any atom is 0.303 e. The smallest absolute Gasteiger partial charge is 0.303 e. The molecule has 6 aliphatic rings. The van der Waals surface area contributed by atoms with Gasteiger partial charge in [0.1, 0.15) is 0 Å². The molecule has 1 aromatic carbocycles. The minimum atomic E-state index is -3.95. The molecule has 4 heterocycles. The molecule has 8 rings (SSSR count). The summed E-state index contributed by atoms with van der Waals surface area (Å²) < 4.78 is 31.0. The minimum absolute atomic E-state index is 0.212. The highest BCUT2D eigenvalue weighted by molar-refractivity contribution is 7.87. The number of hydrogen-bond donors (Lipinski definition) is 1. The van der Waals surface area contributed by atoms with Gasteiger partial charge in [0.15, 0.2) is 0 Å². The van der Waals surface area contributed by atoms with Crippen molar-refractivity contribution in [2.45, 2.75) is 81.8 Å². The molecule has 2 amide bonds. The van der Waals surface area contributed by atoms with Crippen LogP contribution in [0, 0.1) is 5.92 Å². The lowest BCUT2D eigenvalue weighted by molar-refractivity contribution is -0.141. The van der Waals surface area contributed by atoms with Crippen molar-refractivity contribution in [3.63, 3.8) is 0 Å². The summed E-state index contributed by atoms with van der Waals surface area (Å²) in [6.07, 6.45) is 13.0. The van der Waals surface area contributed by atoms with Crippen LogP contribution in [-0.2, 0) is 26.3 Å². The molecule has 3 aliphatic carbocycles. The fourth-order valence-corrected chi connectivity index (χ4v) is 9.75. The zero-order chi connectivity index (χ0) is 31.2. The van der Waals surface area contributed by atoms with Crippen LogP contribution in [-0.4, -0.2) is 85.2 Å². The van der Waals surface area contributed by atoms with Gasteiger partial charge in [-0.1, -0.05) is 49.6 Å². The van der Waals surface area contributed by atoms with Crippen LogP contribution in [0.15, 0.2) is 58.7 Å². The zero-order valence-corrected chi connectivity index (χ0v) is 27.3. The van der Waals surface area contributed by atoms with E-state index in [2.05, 4.69) is 62.6 Å². The van der Waals surface area contributed by atoms with Crippen LogP contribution in [0.1, 0.15) is 74.5 Å². The molecule has 2 saturated heterocycles. The summed E-state index contributed by atoms with van der Waals surface area (Å²) in [6.45, 7) is 2.31. The first kappa shape index (κ1) is 29.2. The van der Waals surface area contributed by atoms with E-state index in [0.717, 1.165) is 52.6 Å². The minimum Gasteiger partial charge on any atom is -0.339 e. The summed E-state index contributed by atoms with van der Waals surface area (Å²) in [5.74, 6) is -0.372. The van der Waals surface area contributed by atoms with Crippen molar-refractivity contribution in [2.75, 3.05) is 34.2 Å². The molecule has 2 unspecified atom stereocenters. The zero-order valence-electron chi connectivity index (χ0n) is 26.5. The Morgan fingerprint density at radius 2 is 1.73 bits per heavy atom. The molecule has 2 aromatic rings. The van der Waals surface area contributed by atoms with Gasteiger partial charge < -0.3 is 14.4 Å². The fourth-order valence-electron chi connectivity index (χ4n) is 9.23. The number of fused-ring (bicyclic) bond motifs is 8. The first-order chi connectivity index (χ1) is 21.6. The number of hydrogen-bond acceptors (Lipinski definition) is 5. The SMILES string of the molecule is CN1CC2CCC(C1)N2C(=O)[C@@H]1CC=CC2=C3C(=C3C(=O)NS(=O)(=O)N(C)C)Cn3c(cc4cccc(C5CCCCC5)c43)[C@H]21. The molecule has 238 valence electrons. The van der Waals surface area contributed by atoms with Gasteiger partial charge in [-0.05, 0) is 73.4 Å². The highest BCUT2D eigenvalue weighted by Crippen LogP contribution is 2.55. The molecule has 0 spiro atoms. The highest BCUT2D eigenvalue weighted by Gasteiger charge is 2.50. The Kier molecular flexibility index (Phi) is 6.93. The van der Waals surface area contributed by atoms with Crippen LogP contribution in [0.2, 0.25) is 0 Å². The summed E-state index contributed by atoms with van der Waals surface area (Å²) in [5, 5.41) is 1.18. The van der Waals surface area contributed by atoms with Crippen molar-refractivity contribution in [3.8, 4) is 0 Å². The number of aromatic nitrogens is 1. The lowest BCUT2D eigenvalue weighted by atomic mass is 9.75. The van der Waals surface area contributed by atoms with Crippen LogP contribution in [0.3, 0.4) is 0 Å². The number of benzene rings is 1. The molecular formula is C35H43N5O4S. The van der Waals surface area contributed by atoms with E-state index in [9.17, 15) is 18.0 Å². The van der Waals surface area contributed by atoms with Crippen LogP contribution in [0.4, 0.5) is 0 Å². The number of rotatable bonds is 5. The Labute approximate surface area is 265 Å². The van der Waals surface area contributed by atoms with Gasteiger partial charge in [0.2, 0.25) is 5.91 Å². The van der Waals surface area contributed by atoms with E-state index in [4.69, 9.17) is 0 Å². The summed E-state index contributed by atoms with van der Waals surface area (Å²) in [6, 6.07) is 9.40. The second-order valence-corrected chi connectivity index (χ2v) is 16.1. The first-order valence-electron chi connectivity index (χ1n) is 16.7. The number of piperazine rings is 1. The van der Waals surface area contributed by atoms with Crippen molar-refractivity contribution in [1.29, 1.82) is 0 Å². The maximum absolute atomic E-state index is 14.7. The van der Waals surface area contributed by atoms with E-state index in [1.807, 2.05) is 0 Å². The second-order valence-electron chi connectivity index (χ2n) is 14.3. The topological polar surface area (TPSA) is 95.0 Å². The van der Waals surface area contributed by atoms with Crippen molar-refractivity contribution in [2.24, 2.45) is 5.92 Å². The highest BCUT2D eigenvalue weighted by atomic mass is 32.2. The van der Waals surface area contributed by atoms with Crippen LogP contribution in [0.25, 0.3) is 10.9 Å². The average molecular weight is 630 g/mol. The summed E-state index contributed by atoms with van der Waals surface area (Å²) in [4.78, 5) is 32.8. The van der Waals surface area contributed by atoms with Gasteiger partial charge in [-0.3, -0.25) is 9.59 Å². The van der Waals surface area contributed by atoms with E-state index >= 15 is 0 Å². The maximum atomic E-state index is 14.7. The lowest BCUT2D eigenvalue weighted by Gasteiger charge is -2.43. The van der Waals surface area contributed by atoms with Gasteiger partial charge in [0.05, 0.1) is 17.0 Å². The quantitative estimate of drug-likeness (QED) is 0.535. The van der Waals surface area contributed by atoms with E-state index < -0.39 is 16.1 Å². The summed E-state index contributed by atoms with van der Waals surface area (Å²) in [5.41, 5.74) is 6.87. The number of nitrogens with one attached hydrogen (secondary N) is 1. The van der Waals surface area contributed by atoms with E-state index in [0.29, 0.717) is 24.5 Å². The third-order valence-electron chi connectivity index (χ3n) is 11.3. The van der Waals surface area contributed by atoms with E-state index in [-0.39, 0.29) is 29.8 Å². The molecule has 4 atom stereocenters. The molecule has 45 heavy (non-hydrogen) atoms. The number of likely N-dealkylation sites (tertiary alicyclic amines) is 1. The summed E-state index contributed by atoms with van der Waals surface area (Å²) in [7, 11) is 1.02. The number of nitrogens with zero attached hydrogens (tertiary/aromatic N) is 4. The molecule has 1 aromatic heterocycles. The second kappa shape index (κ2) is 10.7. The predicted molar refractivity (Wildman–Crippen MR) is 174 cm³/mol. The number of allylic oxidation sites excluding steroid dienone is 4. The Morgan fingerprint density at radius 3 is 2.44 bits per heavy atom. The molecule has 3 fully saturated rings. The van der Waals surface area contributed by atoms with Crippen LogP contribution in [0.5, 0.6) is 0 Å². The first-order valence-corrected chi connectivity index (χ1v) is 18.1. The molecule has 9 nitrogen and oxygen atoms in total. The molecule has 3 aliphatic heterocycles. The molecule has 1 saturated carbocycles. The fraction of sp³-hybridized carbons (Fsp3) is 0.543. The van der Waals surface area contributed by atoms with E-state index in [1.165, 1.54) is 62.7 Å². The van der Waals surface area contributed by atoms with Crippen molar-refractivity contribution in [3.05, 3.63) is 70.0 Å². The third kappa shape index (κ3) is 4.66. The predicted octanol–water partition coefficient (Wildman–Crippen LogP) is 4.20. The molecule has 0 radical (unpaired) electrons. The van der Waals surface area contributed by atoms with Gasteiger partial charge in [-0.25, -0.2) is 4.72 Å². The van der Waals surface area contributed by atoms with Gasteiger partial charge in [0, 0.05) is 62.8 Å². The summed E-state index contributed by atoms with van der Waals surface area (Å²) >= 11 is 0. The molecule has 1 N–H and O–H groups in total. The third-order valence-corrected chi connectivity index (χ3v) is 12.7. The number of para-hydroxylation sites is 1. The number of carbonyl (C=O) groups is 2. The molecule has 10 heteroatoms. The van der Waals surface area contributed by atoms with Gasteiger partial charge in [-0.2, -0.15) is 12.7 Å². The van der Waals surface area contributed by atoms with Gasteiger partial charge in [-0.15, -0.1) is 0 Å². The number of carbonyl (C=O) groups excluding carboxylic acids is 2.